The van der Waals surface area contributed by atoms with E-state index in [2.05, 4.69) is 24.3 Å². The van der Waals surface area contributed by atoms with Gasteiger partial charge in [-0.05, 0) is 36.3 Å². The van der Waals surface area contributed by atoms with Crippen molar-refractivity contribution in [1.82, 2.24) is 4.90 Å². The Hall–Kier alpha value is -2.25. The van der Waals surface area contributed by atoms with Crippen LogP contribution < -0.4 is 0 Å². The fourth-order valence-corrected chi connectivity index (χ4v) is 7.20. The van der Waals surface area contributed by atoms with Gasteiger partial charge in [-0.3, -0.25) is 9.59 Å². The third-order valence-electron chi connectivity index (χ3n) is 7.27. The van der Waals surface area contributed by atoms with Crippen LogP contribution >= 0.6 is 23.5 Å². The number of thioether (sulfide) groups is 2. The summed E-state index contributed by atoms with van der Waals surface area (Å²) in [5, 5.41) is 9.78. The van der Waals surface area contributed by atoms with E-state index in [-0.39, 0.29) is 16.3 Å². The molecule has 1 N–H and O–H groups in total. The van der Waals surface area contributed by atoms with Gasteiger partial charge in [-0.25, -0.2) is 4.79 Å². The number of amides is 1. The fourth-order valence-electron chi connectivity index (χ4n) is 5.14. The summed E-state index contributed by atoms with van der Waals surface area (Å²) in [6, 6.07) is 17.1. The number of carboxylic acids is 1. The molecule has 5 nitrogen and oxygen atoms in total. The first kappa shape index (κ1) is 26.8. The molecule has 2 aromatic rings. The lowest BCUT2D eigenvalue weighted by Gasteiger charge is -2.24. The SMILES string of the molecule is C[C@H](CSC(=O)c1ccccc1)C(=O)N1C[C@@H](SCc2ccc(C3CCCCC3)cc2)C[C@H]1C(=O)O. The zero-order valence-corrected chi connectivity index (χ0v) is 22.4. The molecule has 1 saturated carbocycles. The average molecular weight is 526 g/mol. The second-order valence-electron chi connectivity index (χ2n) is 9.96. The van der Waals surface area contributed by atoms with Crippen molar-refractivity contribution in [2.24, 2.45) is 5.92 Å². The molecule has 2 aliphatic rings. The highest BCUT2D eigenvalue weighted by molar-refractivity contribution is 8.14. The third kappa shape index (κ3) is 6.94. The number of hydrogen-bond donors (Lipinski definition) is 1. The van der Waals surface area contributed by atoms with E-state index in [0.717, 1.165) is 17.5 Å². The van der Waals surface area contributed by atoms with Gasteiger partial charge in [-0.2, -0.15) is 11.8 Å². The molecule has 4 rings (SSSR count). The van der Waals surface area contributed by atoms with Crippen molar-refractivity contribution >= 4 is 40.5 Å². The summed E-state index contributed by atoms with van der Waals surface area (Å²) in [5.41, 5.74) is 3.28. The number of carboxylic acid groups (broad SMARTS) is 1. The Kier molecular flexibility index (Phi) is 9.54. The molecule has 0 unspecified atom stereocenters. The number of hydrogen-bond acceptors (Lipinski definition) is 5. The van der Waals surface area contributed by atoms with Crippen LogP contribution in [0.4, 0.5) is 0 Å². The highest BCUT2D eigenvalue weighted by Gasteiger charge is 2.41. The number of carbonyl (C=O) groups excluding carboxylic acids is 2. The standard InChI is InChI=1S/C29H35NO4S2/c1-20(18-36-29(34)24-10-6-3-7-11-24)27(31)30-17-25(16-26(30)28(32)33)35-19-21-12-14-23(15-13-21)22-8-4-2-5-9-22/h3,6-7,10-15,20,22,25-26H,2,4-5,8-9,16-19H2,1H3,(H,32,33)/t20-,25+,26+/m1/s1. The quantitative estimate of drug-likeness (QED) is 0.418. The van der Waals surface area contributed by atoms with Crippen LogP contribution in [0.25, 0.3) is 0 Å². The summed E-state index contributed by atoms with van der Waals surface area (Å²) in [4.78, 5) is 39.0. The first-order chi connectivity index (χ1) is 17.4. The van der Waals surface area contributed by atoms with E-state index in [1.165, 1.54) is 48.1 Å². The van der Waals surface area contributed by atoms with Crippen LogP contribution in [0.3, 0.4) is 0 Å². The molecule has 7 heteroatoms. The first-order valence-electron chi connectivity index (χ1n) is 12.9. The number of aliphatic carboxylic acids is 1. The number of rotatable bonds is 9. The third-order valence-corrected chi connectivity index (χ3v) is 9.75. The summed E-state index contributed by atoms with van der Waals surface area (Å²) in [7, 11) is 0. The van der Waals surface area contributed by atoms with Gasteiger partial charge in [-0.1, -0.05) is 92.5 Å². The second kappa shape index (κ2) is 12.8. The molecule has 1 amide bonds. The fraction of sp³-hybridized carbons (Fsp3) is 0.483. The first-order valence-corrected chi connectivity index (χ1v) is 14.9. The zero-order valence-electron chi connectivity index (χ0n) is 20.8. The largest absolute Gasteiger partial charge is 0.480 e. The maximum Gasteiger partial charge on any atom is 0.326 e. The summed E-state index contributed by atoms with van der Waals surface area (Å²) >= 11 is 2.85. The topological polar surface area (TPSA) is 74.7 Å². The van der Waals surface area contributed by atoms with Crippen molar-refractivity contribution in [2.45, 2.75) is 68.4 Å². The summed E-state index contributed by atoms with van der Waals surface area (Å²) in [5.74, 6) is 0.260. The molecule has 3 atom stereocenters. The molecule has 1 aliphatic carbocycles. The van der Waals surface area contributed by atoms with Crippen molar-refractivity contribution in [3.8, 4) is 0 Å². The maximum absolute atomic E-state index is 13.1. The minimum absolute atomic E-state index is 0.0746. The van der Waals surface area contributed by atoms with Crippen molar-refractivity contribution in [3.05, 3.63) is 71.3 Å². The van der Waals surface area contributed by atoms with Crippen LogP contribution in [-0.2, 0) is 15.3 Å². The minimum Gasteiger partial charge on any atom is -0.480 e. The predicted octanol–water partition coefficient (Wildman–Crippen LogP) is 6.23. The van der Waals surface area contributed by atoms with E-state index in [1.54, 1.807) is 30.8 Å². The Balaban J connectivity index is 1.29. The molecule has 2 aromatic carbocycles. The Bertz CT molecular complexity index is 1040. The Morgan fingerprint density at radius 1 is 1.00 bits per heavy atom. The number of benzene rings is 2. The second-order valence-corrected chi connectivity index (χ2v) is 12.2. The summed E-state index contributed by atoms with van der Waals surface area (Å²) in [6.45, 7) is 2.21. The lowest BCUT2D eigenvalue weighted by molar-refractivity contribution is -0.149. The molecule has 36 heavy (non-hydrogen) atoms. The molecular weight excluding hydrogens is 490 g/mol. The minimum atomic E-state index is -0.955. The molecule has 1 heterocycles. The van der Waals surface area contributed by atoms with Crippen molar-refractivity contribution in [2.75, 3.05) is 12.3 Å². The van der Waals surface area contributed by atoms with E-state index in [0.29, 0.717) is 30.2 Å². The molecule has 1 saturated heterocycles. The monoisotopic (exact) mass is 525 g/mol. The van der Waals surface area contributed by atoms with Gasteiger partial charge in [-0.15, -0.1) is 0 Å². The van der Waals surface area contributed by atoms with Gasteiger partial charge in [0, 0.05) is 34.8 Å². The van der Waals surface area contributed by atoms with Crippen LogP contribution in [0.1, 0.15) is 72.9 Å². The van der Waals surface area contributed by atoms with Gasteiger partial charge in [0.2, 0.25) is 11.0 Å². The highest BCUT2D eigenvalue weighted by atomic mass is 32.2. The molecule has 192 valence electrons. The molecule has 0 spiro atoms. The van der Waals surface area contributed by atoms with Gasteiger partial charge >= 0.3 is 5.97 Å². The van der Waals surface area contributed by atoms with Crippen molar-refractivity contribution in [1.29, 1.82) is 0 Å². The Labute approximate surface area is 222 Å². The molecular formula is C29H35NO4S2. The van der Waals surface area contributed by atoms with Gasteiger partial charge in [0.1, 0.15) is 6.04 Å². The molecule has 0 radical (unpaired) electrons. The van der Waals surface area contributed by atoms with E-state index in [4.69, 9.17) is 0 Å². The summed E-state index contributed by atoms with van der Waals surface area (Å²) in [6.07, 6.45) is 7.03. The zero-order chi connectivity index (χ0) is 25.5. The lowest BCUT2D eigenvalue weighted by Crippen LogP contribution is -2.43. The Morgan fingerprint density at radius 2 is 1.69 bits per heavy atom. The molecule has 2 fully saturated rings. The van der Waals surface area contributed by atoms with E-state index >= 15 is 0 Å². The van der Waals surface area contributed by atoms with Crippen molar-refractivity contribution < 1.29 is 19.5 Å². The van der Waals surface area contributed by atoms with Crippen LogP contribution in [0.5, 0.6) is 0 Å². The number of carbonyl (C=O) groups is 3. The highest BCUT2D eigenvalue weighted by Crippen LogP contribution is 2.34. The van der Waals surface area contributed by atoms with Crippen LogP contribution in [0.2, 0.25) is 0 Å². The molecule has 0 bridgehead atoms. The van der Waals surface area contributed by atoms with Gasteiger partial charge in [0.15, 0.2) is 0 Å². The van der Waals surface area contributed by atoms with Gasteiger partial charge in [0.05, 0.1) is 0 Å². The summed E-state index contributed by atoms with van der Waals surface area (Å²) < 4.78 is 0. The van der Waals surface area contributed by atoms with E-state index < -0.39 is 17.9 Å². The lowest BCUT2D eigenvalue weighted by atomic mass is 9.84. The number of nitrogens with zero attached hydrogens (tertiary/aromatic N) is 1. The Morgan fingerprint density at radius 3 is 2.36 bits per heavy atom. The predicted molar refractivity (Wildman–Crippen MR) is 147 cm³/mol. The molecule has 1 aliphatic heterocycles. The van der Waals surface area contributed by atoms with E-state index in [1.807, 2.05) is 18.2 Å². The smallest absolute Gasteiger partial charge is 0.326 e. The van der Waals surface area contributed by atoms with Crippen molar-refractivity contribution in [3.63, 3.8) is 0 Å². The van der Waals surface area contributed by atoms with Crippen LogP contribution in [0, 0.1) is 5.92 Å². The molecule has 0 aromatic heterocycles. The van der Waals surface area contributed by atoms with Gasteiger partial charge in [0.25, 0.3) is 0 Å². The van der Waals surface area contributed by atoms with Gasteiger partial charge < -0.3 is 10.0 Å². The van der Waals surface area contributed by atoms with Crippen LogP contribution in [-0.4, -0.2) is 50.6 Å². The van der Waals surface area contributed by atoms with E-state index in [9.17, 15) is 19.5 Å². The normalized spacial score (nSPS) is 21.3. The average Bonchev–Trinajstić information content (AvgIpc) is 3.36. The maximum atomic E-state index is 13.1. The number of likely N-dealkylation sites (tertiary alicyclic amines) is 1. The van der Waals surface area contributed by atoms with Crippen LogP contribution in [0.15, 0.2) is 54.6 Å².